The average Bonchev–Trinajstić information content (AvgIpc) is 2.33. The van der Waals surface area contributed by atoms with Gasteiger partial charge in [-0.15, -0.1) is 0 Å². The van der Waals surface area contributed by atoms with Crippen molar-refractivity contribution in [1.29, 1.82) is 0 Å². The highest BCUT2D eigenvalue weighted by molar-refractivity contribution is 5.73. The lowest BCUT2D eigenvalue weighted by Crippen LogP contribution is -2.50. The van der Waals surface area contributed by atoms with E-state index in [1.807, 2.05) is 6.92 Å². The molecule has 2 unspecified atom stereocenters. The van der Waals surface area contributed by atoms with Crippen LogP contribution in [0, 0.1) is 5.92 Å². The molecule has 0 aliphatic carbocycles. The van der Waals surface area contributed by atoms with Gasteiger partial charge in [-0.3, -0.25) is 4.79 Å². The lowest BCUT2D eigenvalue weighted by molar-refractivity contribution is -0.187. The fourth-order valence-corrected chi connectivity index (χ4v) is 2.30. The number of hydrogen-bond acceptors (Lipinski definition) is 3. The largest absolute Gasteiger partial charge is 0.480 e. The standard InChI is InChI=1S/C12H21F3N2O2/c1-2-5-16-10(11(18)19)8-17-6-3-4-9(7-17)12(13,14)15/h9-10,16H,2-8H2,1H3,(H,18,19). The number of likely N-dealkylation sites (tertiary alicyclic amines) is 1. The van der Waals surface area contributed by atoms with E-state index in [-0.39, 0.29) is 19.5 Å². The zero-order valence-electron chi connectivity index (χ0n) is 11.0. The van der Waals surface area contributed by atoms with E-state index in [9.17, 15) is 18.0 Å². The minimum atomic E-state index is -4.19. The summed E-state index contributed by atoms with van der Waals surface area (Å²) >= 11 is 0. The third kappa shape index (κ3) is 5.36. The van der Waals surface area contributed by atoms with Crippen LogP contribution in [-0.2, 0) is 4.79 Å². The van der Waals surface area contributed by atoms with Gasteiger partial charge in [0.15, 0.2) is 0 Å². The molecular formula is C12H21F3N2O2. The van der Waals surface area contributed by atoms with Crippen molar-refractivity contribution in [3.05, 3.63) is 0 Å². The lowest BCUT2D eigenvalue weighted by atomic mass is 9.97. The summed E-state index contributed by atoms with van der Waals surface area (Å²) in [6.07, 6.45) is -2.80. The molecular weight excluding hydrogens is 261 g/mol. The number of halogens is 3. The molecule has 1 rings (SSSR count). The number of alkyl halides is 3. The minimum absolute atomic E-state index is 0.0961. The number of aliphatic carboxylic acids is 1. The quantitative estimate of drug-likeness (QED) is 0.779. The Morgan fingerprint density at radius 3 is 2.74 bits per heavy atom. The van der Waals surface area contributed by atoms with Crippen LogP contribution in [0.15, 0.2) is 0 Å². The second-order valence-corrected chi connectivity index (χ2v) is 4.99. The van der Waals surface area contributed by atoms with Gasteiger partial charge in [-0.1, -0.05) is 6.92 Å². The molecule has 2 atom stereocenters. The molecule has 0 bridgehead atoms. The van der Waals surface area contributed by atoms with E-state index in [0.717, 1.165) is 6.42 Å². The second-order valence-electron chi connectivity index (χ2n) is 4.99. The van der Waals surface area contributed by atoms with Crippen LogP contribution in [-0.4, -0.2) is 54.4 Å². The van der Waals surface area contributed by atoms with E-state index in [2.05, 4.69) is 5.32 Å². The smallest absolute Gasteiger partial charge is 0.393 e. The summed E-state index contributed by atoms with van der Waals surface area (Å²) < 4.78 is 38.0. The van der Waals surface area contributed by atoms with Crippen molar-refractivity contribution in [2.24, 2.45) is 5.92 Å². The number of nitrogens with one attached hydrogen (secondary N) is 1. The number of rotatable bonds is 6. The Labute approximate surface area is 111 Å². The molecule has 4 nitrogen and oxygen atoms in total. The molecule has 0 aromatic heterocycles. The van der Waals surface area contributed by atoms with Crippen LogP contribution in [0.2, 0.25) is 0 Å². The summed E-state index contributed by atoms with van der Waals surface area (Å²) in [5.41, 5.74) is 0. The first-order valence-corrected chi connectivity index (χ1v) is 6.59. The van der Waals surface area contributed by atoms with Crippen molar-refractivity contribution >= 4 is 5.97 Å². The highest BCUT2D eigenvalue weighted by Crippen LogP contribution is 2.33. The monoisotopic (exact) mass is 282 g/mol. The zero-order chi connectivity index (χ0) is 14.5. The molecule has 0 aromatic rings. The molecule has 2 N–H and O–H groups in total. The Bertz CT molecular complexity index is 297. The van der Waals surface area contributed by atoms with Gasteiger partial charge in [-0.25, -0.2) is 0 Å². The topological polar surface area (TPSA) is 52.6 Å². The van der Waals surface area contributed by atoms with Crippen LogP contribution in [0.1, 0.15) is 26.2 Å². The molecule has 7 heteroatoms. The van der Waals surface area contributed by atoms with Gasteiger partial charge in [0.1, 0.15) is 6.04 Å². The fourth-order valence-electron chi connectivity index (χ4n) is 2.30. The summed E-state index contributed by atoms with van der Waals surface area (Å²) in [5.74, 6) is -2.34. The number of carboxylic acids is 1. The predicted molar refractivity (Wildman–Crippen MR) is 64.9 cm³/mol. The first-order chi connectivity index (χ1) is 8.84. The minimum Gasteiger partial charge on any atom is -0.480 e. The number of carboxylic acid groups (broad SMARTS) is 1. The van der Waals surface area contributed by atoms with E-state index in [4.69, 9.17) is 5.11 Å². The Hall–Kier alpha value is -0.820. The molecule has 1 aliphatic rings. The summed E-state index contributed by atoms with van der Waals surface area (Å²) in [7, 11) is 0. The molecule has 1 aliphatic heterocycles. The summed E-state index contributed by atoms with van der Waals surface area (Å²) in [5, 5.41) is 11.9. The van der Waals surface area contributed by atoms with Crippen molar-refractivity contribution in [3.63, 3.8) is 0 Å². The SMILES string of the molecule is CCCNC(CN1CCCC(C(F)(F)F)C1)C(=O)O. The molecule has 1 heterocycles. The fraction of sp³-hybridized carbons (Fsp3) is 0.917. The second kappa shape index (κ2) is 7.09. The van der Waals surface area contributed by atoms with Gasteiger partial charge in [0.2, 0.25) is 0 Å². The maximum absolute atomic E-state index is 12.7. The van der Waals surface area contributed by atoms with E-state index >= 15 is 0 Å². The van der Waals surface area contributed by atoms with E-state index in [0.29, 0.717) is 19.5 Å². The molecule has 0 aromatic carbocycles. The molecule has 0 spiro atoms. The van der Waals surface area contributed by atoms with Gasteiger partial charge < -0.3 is 15.3 Å². The third-order valence-electron chi connectivity index (χ3n) is 3.35. The van der Waals surface area contributed by atoms with Crippen LogP contribution in [0.4, 0.5) is 13.2 Å². The zero-order valence-corrected chi connectivity index (χ0v) is 11.0. The Morgan fingerprint density at radius 1 is 1.53 bits per heavy atom. The van der Waals surface area contributed by atoms with Crippen LogP contribution >= 0.6 is 0 Å². The highest BCUT2D eigenvalue weighted by Gasteiger charge is 2.42. The highest BCUT2D eigenvalue weighted by atomic mass is 19.4. The molecule has 112 valence electrons. The van der Waals surface area contributed by atoms with Gasteiger partial charge in [0.25, 0.3) is 0 Å². The van der Waals surface area contributed by atoms with Crippen molar-refractivity contribution in [2.75, 3.05) is 26.2 Å². The molecule has 1 saturated heterocycles. The molecule has 1 fully saturated rings. The summed E-state index contributed by atoms with van der Waals surface area (Å²) in [6, 6.07) is -0.799. The molecule has 0 radical (unpaired) electrons. The van der Waals surface area contributed by atoms with Gasteiger partial charge in [0.05, 0.1) is 5.92 Å². The Morgan fingerprint density at radius 2 is 2.21 bits per heavy atom. The summed E-state index contributed by atoms with van der Waals surface area (Å²) in [6.45, 7) is 3.02. The Balaban J connectivity index is 2.52. The Kier molecular flexibility index (Phi) is 6.06. The van der Waals surface area contributed by atoms with Crippen LogP contribution in [0.3, 0.4) is 0 Å². The maximum Gasteiger partial charge on any atom is 0.393 e. The van der Waals surface area contributed by atoms with Gasteiger partial charge in [0, 0.05) is 13.1 Å². The number of carbonyl (C=O) groups is 1. The van der Waals surface area contributed by atoms with Crippen LogP contribution < -0.4 is 5.32 Å². The molecule has 0 saturated carbocycles. The maximum atomic E-state index is 12.7. The molecule has 0 amide bonds. The summed E-state index contributed by atoms with van der Waals surface area (Å²) in [4.78, 5) is 12.6. The van der Waals surface area contributed by atoms with Crippen molar-refractivity contribution in [2.45, 2.75) is 38.4 Å². The van der Waals surface area contributed by atoms with Crippen molar-refractivity contribution in [3.8, 4) is 0 Å². The van der Waals surface area contributed by atoms with Gasteiger partial charge in [-0.2, -0.15) is 13.2 Å². The van der Waals surface area contributed by atoms with E-state index < -0.39 is 24.1 Å². The van der Waals surface area contributed by atoms with Gasteiger partial charge >= 0.3 is 12.1 Å². The lowest BCUT2D eigenvalue weighted by Gasteiger charge is -2.35. The first-order valence-electron chi connectivity index (χ1n) is 6.59. The van der Waals surface area contributed by atoms with E-state index in [1.165, 1.54) is 0 Å². The number of nitrogens with zero attached hydrogens (tertiary/aromatic N) is 1. The first kappa shape index (κ1) is 16.2. The predicted octanol–water partition coefficient (Wildman–Crippen LogP) is 1.71. The molecule has 19 heavy (non-hydrogen) atoms. The van der Waals surface area contributed by atoms with Crippen molar-refractivity contribution < 1.29 is 23.1 Å². The number of piperidine rings is 1. The van der Waals surface area contributed by atoms with Crippen LogP contribution in [0.5, 0.6) is 0 Å². The normalized spacial score (nSPS) is 23.3. The van der Waals surface area contributed by atoms with Crippen molar-refractivity contribution in [1.82, 2.24) is 10.2 Å². The average molecular weight is 282 g/mol. The van der Waals surface area contributed by atoms with Gasteiger partial charge in [-0.05, 0) is 32.4 Å². The third-order valence-corrected chi connectivity index (χ3v) is 3.35. The van der Waals surface area contributed by atoms with E-state index in [1.54, 1.807) is 4.90 Å². The number of hydrogen-bond donors (Lipinski definition) is 2. The van der Waals surface area contributed by atoms with Crippen LogP contribution in [0.25, 0.3) is 0 Å².